The smallest absolute Gasteiger partial charge is 0.238 e. The van der Waals surface area contributed by atoms with Crippen LogP contribution in [-0.2, 0) is 9.05 Å². The Hall–Kier alpha value is 0.200. The van der Waals surface area contributed by atoms with E-state index in [1.165, 1.54) is 0 Å². The van der Waals surface area contributed by atoms with Crippen molar-refractivity contribution in [1.82, 2.24) is 0 Å². The SMILES string of the molecule is O=S(=O)(Cl)[C@H]1CCCC[C@@H]1O. The van der Waals surface area contributed by atoms with Crippen LogP contribution in [0.3, 0.4) is 0 Å². The summed E-state index contributed by atoms with van der Waals surface area (Å²) in [6, 6.07) is 0. The quantitative estimate of drug-likeness (QED) is 0.636. The van der Waals surface area contributed by atoms with Crippen molar-refractivity contribution in [2.45, 2.75) is 37.0 Å². The predicted octanol–water partition coefficient (Wildman–Crippen LogP) is 0.859. The number of aliphatic hydroxyl groups excluding tert-OH is 1. The molecule has 1 N–H and O–H groups in total. The third kappa shape index (κ3) is 2.32. The Morgan fingerprint density at radius 2 is 1.82 bits per heavy atom. The maximum absolute atomic E-state index is 10.8. The molecule has 1 saturated carbocycles. The summed E-state index contributed by atoms with van der Waals surface area (Å²) in [5.74, 6) is 0. The first kappa shape index (κ1) is 9.29. The summed E-state index contributed by atoms with van der Waals surface area (Å²) in [5.41, 5.74) is 0. The van der Waals surface area contributed by atoms with E-state index >= 15 is 0 Å². The minimum absolute atomic E-state index is 0.493. The Morgan fingerprint density at radius 1 is 1.27 bits per heavy atom. The lowest BCUT2D eigenvalue weighted by molar-refractivity contribution is 0.134. The Bertz CT molecular complexity index is 224. The number of aliphatic hydroxyl groups is 1. The number of hydrogen-bond donors (Lipinski definition) is 1. The van der Waals surface area contributed by atoms with Gasteiger partial charge in [-0.1, -0.05) is 12.8 Å². The number of halogens is 1. The first-order valence-corrected chi connectivity index (χ1v) is 6.00. The lowest BCUT2D eigenvalue weighted by atomic mass is 9.97. The third-order valence-electron chi connectivity index (χ3n) is 2.03. The molecule has 0 amide bonds. The van der Waals surface area contributed by atoms with Crippen molar-refractivity contribution in [2.24, 2.45) is 0 Å². The highest BCUT2D eigenvalue weighted by molar-refractivity contribution is 8.14. The molecule has 5 heteroatoms. The second kappa shape index (κ2) is 3.29. The first-order valence-electron chi connectivity index (χ1n) is 3.63. The van der Waals surface area contributed by atoms with Crippen LogP contribution in [0.4, 0.5) is 0 Å². The molecule has 0 spiro atoms. The van der Waals surface area contributed by atoms with Gasteiger partial charge in [-0.15, -0.1) is 0 Å². The van der Waals surface area contributed by atoms with Gasteiger partial charge >= 0.3 is 0 Å². The van der Waals surface area contributed by atoms with Gasteiger partial charge in [0, 0.05) is 10.7 Å². The van der Waals surface area contributed by atoms with Gasteiger partial charge in [0.15, 0.2) is 0 Å². The van der Waals surface area contributed by atoms with E-state index in [4.69, 9.17) is 10.7 Å². The van der Waals surface area contributed by atoms with Crippen LogP contribution < -0.4 is 0 Å². The summed E-state index contributed by atoms with van der Waals surface area (Å²) in [6.07, 6.45) is 2.02. The van der Waals surface area contributed by atoms with Crippen LogP contribution in [0.15, 0.2) is 0 Å². The lowest BCUT2D eigenvalue weighted by Crippen LogP contribution is -2.34. The van der Waals surface area contributed by atoms with Gasteiger partial charge in [-0.05, 0) is 12.8 Å². The minimum atomic E-state index is -3.55. The van der Waals surface area contributed by atoms with Gasteiger partial charge in [0.2, 0.25) is 9.05 Å². The molecule has 0 aromatic heterocycles. The zero-order valence-electron chi connectivity index (χ0n) is 6.03. The van der Waals surface area contributed by atoms with Crippen LogP contribution in [0.5, 0.6) is 0 Å². The lowest BCUT2D eigenvalue weighted by Gasteiger charge is -2.24. The van der Waals surface area contributed by atoms with Crippen molar-refractivity contribution in [2.75, 3.05) is 0 Å². The van der Waals surface area contributed by atoms with E-state index in [-0.39, 0.29) is 0 Å². The number of hydrogen-bond acceptors (Lipinski definition) is 3. The maximum atomic E-state index is 10.8. The van der Waals surface area contributed by atoms with Gasteiger partial charge in [-0.25, -0.2) is 8.42 Å². The van der Waals surface area contributed by atoms with E-state index in [9.17, 15) is 13.5 Å². The zero-order valence-corrected chi connectivity index (χ0v) is 7.61. The highest BCUT2D eigenvalue weighted by atomic mass is 35.7. The fourth-order valence-electron chi connectivity index (χ4n) is 1.41. The summed E-state index contributed by atoms with van der Waals surface area (Å²) >= 11 is 0. The molecular weight excluding hydrogens is 188 g/mol. The summed E-state index contributed by atoms with van der Waals surface area (Å²) < 4.78 is 21.6. The summed E-state index contributed by atoms with van der Waals surface area (Å²) in [4.78, 5) is 0. The molecule has 1 aliphatic carbocycles. The van der Waals surface area contributed by atoms with Crippen LogP contribution in [0, 0.1) is 0 Å². The van der Waals surface area contributed by atoms with Crippen molar-refractivity contribution in [3.05, 3.63) is 0 Å². The Kier molecular flexibility index (Phi) is 2.78. The van der Waals surface area contributed by atoms with Crippen molar-refractivity contribution in [1.29, 1.82) is 0 Å². The van der Waals surface area contributed by atoms with Crippen LogP contribution in [0.2, 0.25) is 0 Å². The van der Waals surface area contributed by atoms with E-state index in [1.807, 2.05) is 0 Å². The van der Waals surface area contributed by atoms with Gasteiger partial charge in [-0.2, -0.15) is 0 Å². The van der Waals surface area contributed by atoms with E-state index in [2.05, 4.69) is 0 Å². The fourth-order valence-corrected chi connectivity index (χ4v) is 2.99. The topological polar surface area (TPSA) is 54.4 Å². The highest BCUT2D eigenvalue weighted by Crippen LogP contribution is 2.26. The molecule has 3 nitrogen and oxygen atoms in total. The molecule has 11 heavy (non-hydrogen) atoms. The predicted molar refractivity (Wildman–Crippen MR) is 43.0 cm³/mol. The van der Waals surface area contributed by atoms with E-state index in [0.717, 1.165) is 12.8 Å². The third-order valence-corrected chi connectivity index (χ3v) is 3.99. The Balaban J connectivity index is 2.70. The van der Waals surface area contributed by atoms with Crippen molar-refractivity contribution >= 4 is 19.7 Å². The molecule has 0 saturated heterocycles. The molecule has 0 aromatic carbocycles. The molecule has 0 aromatic rings. The zero-order chi connectivity index (χ0) is 8.48. The van der Waals surface area contributed by atoms with E-state index in [1.54, 1.807) is 0 Å². The maximum Gasteiger partial charge on any atom is 0.238 e. The van der Waals surface area contributed by atoms with Gasteiger partial charge < -0.3 is 5.11 Å². The Labute approximate surface area is 70.8 Å². The molecule has 0 aliphatic heterocycles. The molecule has 66 valence electrons. The van der Waals surface area contributed by atoms with Gasteiger partial charge in [0.1, 0.15) is 5.25 Å². The molecule has 0 unspecified atom stereocenters. The summed E-state index contributed by atoms with van der Waals surface area (Å²) in [6.45, 7) is 0. The van der Waals surface area contributed by atoms with Crippen LogP contribution in [0.1, 0.15) is 25.7 Å². The molecular formula is C6H11ClO3S. The summed E-state index contributed by atoms with van der Waals surface area (Å²) in [7, 11) is 1.57. The van der Waals surface area contributed by atoms with Crippen LogP contribution in [0.25, 0.3) is 0 Å². The van der Waals surface area contributed by atoms with Gasteiger partial charge in [-0.3, -0.25) is 0 Å². The standard InChI is InChI=1S/C6H11ClO3S/c7-11(9,10)6-4-2-1-3-5(6)8/h5-6,8H,1-4H2/t5-,6-/m0/s1. The average molecular weight is 199 g/mol. The van der Waals surface area contributed by atoms with Gasteiger partial charge in [0.25, 0.3) is 0 Å². The van der Waals surface area contributed by atoms with Gasteiger partial charge in [0.05, 0.1) is 6.10 Å². The largest absolute Gasteiger partial charge is 0.392 e. The van der Waals surface area contributed by atoms with Crippen LogP contribution >= 0.6 is 10.7 Å². The second-order valence-corrected chi connectivity index (χ2v) is 5.71. The summed E-state index contributed by atoms with van der Waals surface area (Å²) in [5, 5.41) is 8.50. The number of rotatable bonds is 1. The molecule has 1 fully saturated rings. The highest BCUT2D eigenvalue weighted by Gasteiger charge is 2.32. The molecule has 0 bridgehead atoms. The monoisotopic (exact) mass is 198 g/mol. The Morgan fingerprint density at radius 3 is 2.18 bits per heavy atom. The first-order chi connectivity index (χ1) is 5.02. The van der Waals surface area contributed by atoms with E-state index < -0.39 is 20.4 Å². The van der Waals surface area contributed by atoms with Crippen molar-refractivity contribution in [3.63, 3.8) is 0 Å². The van der Waals surface area contributed by atoms with E-state index in [0.29, 0.717) is 12.8 Å². The second-order valence-electron chi connectivity index (χ2n) is 2.87. The molecule has 1 rings (SSSR count). The molecule has 1 aliphatic rings. The van der Waals surface area contributed by atoms with Crippen LogP contribution in [-0.4, -0.2) is 24.9 Å². The molecule has 0 radical (unpaired) electrons. The average Bonchev–Trinajstić information content (AvgIpc) is 1.86. The molecule has 0 heterocycles. The van der Waals surface area contributed by atoms with Crippen molar-refractivity contribution < 1.29 is 13.5 Å². The minimum Gasteiger partial charge on any atom is -0.392 e. The fraction of sp³-hybridized carbons (Fsp3) is 1.00. The normalized spacial score (nSPS) is 33.6. The van der Waals surface area contributed by atoms with Crippen molar-refractivity contribution in [3.8, 4) is 0 Å². The molecule has 2 atom stereocenters.